The van der Waals surface area contributed by atoms with Crippen LogP contribution in [-0.4, -0.2) is 65.2 Å². The molecule has 12 aromatic carbocycles. The van der Waals surface area contributed by atoms with Gasteiger partial charge in [0.2, 0.25) is 0 Å². The molecule has 0 saturated heterocycles. The fraction of sp³-hybridized carbons (Fsp3) is 0.0194. The first kappa shape index (κ1) is 83.8. The van der Waals surface area contributed by atoms with Crippen LogP contribution in [0.5, 0.6) is 0 Å². The minimum absolute atomic E-state index is 0. The Hall–Kier alpha value is -14.7. The summed E-state index contributed by atoms with van der Waals surface area (Å²) in [5, 5.41) is 26.4. The number of rotatable bonds is 10. The Morgan fingerprint density at radius 2 is 0.508 bits per heavy atom. The molecule has 2 N–H and O–H groups in total. The van der Waals surface area contributed by atoms with Crippen molar-refractivity contribution in [3.05, 3.63) is 430 Å². The summed E-state index contributed by atoms with van der Waals surface area (Å²) in [6.45, 7) is 2.85. The van der Waals surface area contributed by atoms with E-state index < -0.39 is 5.97 Å². The van der Waals surface area contributed by atoms with Gasteiger partial charge in [0.15, 0.2) is 5.78 Å². The van der Waals surface area contributed by atoms with E-state index in [4.69, 9.17) is 10.2 Å². The van der Waals surface area contributed by atoms with Gasteiger partial charge in [-0.05, 0) is 122 Å². The van der Waals surface area contributed by atoms with Crippen molar-refractivity contribution >= 4 is 99.0 Å². The molecule has 2 radical (unpaired) electrons. The first-order valence-corrected chi connectivity index (χ1v) is 38.2. The van der Waals surface area contributed by atoms with E-state index in [9.17, 15) is 27.2 Å². The van der Waals surface area contributed by atoms with Crippen LogP contribution in [0.15, 0.2) is 376 Å². The normalized spacial score (nSPS) is 10.9. The summed E-state index contributed by atoms with van der Waals surface area (Å²) < 4.78 is 61.7. The number of hydrogen-bond donors (Lipinski definition) is 2. The Morgan fingerprint density at radius 3 is 0.672 bits per heavy atom. The van der Waals surface area contributed by atoms with E-state index in [0.717, 1.165) is 112 Å². The van der Waals surface area contributed by atoms with Crippen molar-refractivity contribution in [1.82, 2.24) is 43.2 Å². The molecule has 0 unspecified atom stereocenters. The van der Waals surface area contributed by atoms with Crippen molar-refractivity contribution in [2.45, 2.75) is 13.8 Å². The maximum absolute atomic E-state index is 13.2. The molecule has 0 amide bonds. The number of aliphatic hydroxyl groups is 1. The second kappa shape index (κ2) is 38.3. The summed E-state index contributed by atoms with van der Waals surface area (Å²) >= 11 is 0. The minimum atomic E-state index is -0.990. The first-order chi connectivity index (χ1) is 58.7. The largest absolute Gasteiger partial charge is 0.512 e. The van der Waals surface area contributed by atoms with Crippen LogP contribution in [0, 0.1) is 47.5 Å². The predicted molar refractivity (Wildman–Crippen MR) is 469 cm³/mol. The van der Waals surface area contributed by atoms with E-state index >= 15 is 0 Å². The summed E-state index contributed by atoms with van der Waals surface area (Å²) in [5.74, 6) is -2.25. The Kier molecular flexibility index (Phi) is 26.3. The standard InChI is InChI=1S/4C23H14FN2.C6H5NO2.C5H8O2.2Ir/c4*24-17-11-9-16(10-12-17)21-15-18(13-14-25-21)26-22-7-3-1-5-19(22)20-6-2-4-8-23(20)26;8-6(9)5-3-1-2-4-7-5;1-4(6)3-5(2)7;;/h4*1-9,11-15H;1-4H,(H,8,9);3,6H,1-2H3;;/q4*-1;;;;. The van der Waals surface area contributed by atoms with Crippen LogP contribution in [-0.2, 0) is 45.0 Å². The summed E-state index contributed by atoms with van der Waals surface area (Å²) in [7, 11) is 0. The smallest absolute Gasteiger partial charge is 0.354 e. The topological polar surface area (TPSA) is 159 Å². The quantitative estimate of drug-likeness (QED) is 0.0588. The van der Waals surface area contributed by atoms with E-state index in [2.05, 4.69) is 213 Å². The molecule has 0 saturated carbocycles. The molecule has 21 aromatic rings. The number of carbonyl (C=O) groups is 2. The third kappa shape index (κ3) is 18.4. The Morgan fingerprint density at radius 1 is 0.287 bits per heavy atom. The number of fused-ring (bicyclic) bond motifs is 12. The number of benzene rings is 12. The molecule has 0 fully saturated rings. The van der Waals surface area contributed by atoms with Crippen molar-refractivity contribution < 1.29 is 77.6 Å². The number of halogens is 4. The van der Waals surface area contributed by atoms with Crippen LogP contribution < -0.4 is 0 Å². The third-order valence-electron chi connectivity index (χ3n) is 19.8. The van der Waals surface area contributed by atoms with Crippen molar-refractivity contribution in [2.24, 2.45) is 0 Å². The number of carboxylic acids is 1. The maximum atomic E-state index is 13.2. The molecule has 0 atom stereocenters. The predicted octanol–water partition coefficient (Wildman–Crippen LogP) is 25.0. The number of aliphatic hydroxyl groups excluding tert-OH is 1. The van der Waals surface area contributed by atoms with E-state index in [1.54, 1.807) is 61.2 Å². The molecule has 0 aliphatic carbocycles. The molecule has 0 aliphatic rings. The molecule has 9 heterocycles. The van der Waals surface area contributed by atoms with E-state index in [1.807, 2.05) is 97.1 Å². The van der Waals surface area contributed by atoms with Crippen molar-refractivity contribution in [3.8, 4) is 67.8 Å². The van der Waals surface area contributed by atoms with Crippen LogP contribution in [0.2, 0.25) is 0 Å². The number of carboxylic acid groups (broad SMARTS) is 1. The molecule has 13 nitrogen and oxygen atoms in total. The van der Waals surface area contributed by atoms with Gasteiger partial charge in [0.1, 0.15) is 5.69 Å². The van der Waals surface area contributed by atoms with Gasteiger partial charge in [0.25, 0.3) is 0 Å². The van der Waals surface area contributed by atoms with Crippen molar-refractivity contribution in [3.63, 3.8) is 0 Å². The molecule has 0 spiro atoms. The summed E-state index contributed by atoms with van der Waals surface area (Å²) in [5.41, 5.74) is 19.5. The van der Waals surface area contributed by atoms with Crippen LogP contribution in [0.3, 0.4) is 0 Å². The van der Waals surface area contributed by atoms with Gasteiger partial charge in [-0.2, -0.15) is 0 Å². The maximum Gasteiger partial charge on any atom is 0.354 e. The summed E-state index contributed by atoms with van der Waals surface area (Å²) in [6, 6.07) is 117. The Labute approximate surface area is 725 Å². The number of allylic oxidation sites excluding steroid dienone is 2. The number of para-hydroxylation sites is 8. The third-order valence-corrected chi connectivity index (χ3v) is 19.8. The molecule has 19 heteroatoms. The zero-order chi connectivity index (χ0) is 82.6. The van der Waals surface area contributed by atoms with Gasteiger partial charge in [-0.25, -0.2) is 9.78 Å². The average molecular weight is 1960 g/mol. The SMILES string of the molecule is CC(=O)C=C(C)O.Fc1c[c-]c(-c2cc(-n3c4ccccc4c4ccccc43)ccn2)cc1.Fc1c[c-]c(-c2cc(-n3c4ccccc4c4ccccc43)ccn2)cc1.Fc1c[c-]c(-c2cc(-n3c4ccccc4c4ccccc43)ccn2)cc1.Fc1c[c-]c(-c2cc(-n3c4ccccc4c4ccccc43)ccn2)cc1.O=C(O)c1ccccn1.[Ir].[Ir]. The second-order valence-electron chi connectivity index (χ2n) is 27.7. The number of ketones is 1. The number of pyridine rings is 5. The number of carbonyl (C=O) groups excluding carboxylic acids is 1. The Bertz CT molecular complexity index is 6310. The molecular formula is C103H69F4Ir2N9O4-4. The van der Waals surface area contributed by atoms with Crippen molar-refractivity contribution in [2.75, 3.05) is 0 Å². The summed E-state index contributed by atoms with van der Waals surface area (Å²) in [4.78, 5) is 41.5. The minimum Gasteiger partial charge on any atom is -0.512 e. The van der Waals surface area contributed by atoms with Crippen LogP contribution >= 0.6 is 0 Å². The molecular weight excluding hydrogens is 1890 g/mol. The van der Waals surface area contributed by atoms with Crippen molar-refractivity contribution in [1.29, 1.82) is 0 Å². The van der Waals surface area contributed by atoms with Gasteiger partial charge in [-0.15, -0.1) is 119 Å². The van der Waals surface area contributed by atoms with E-state index in [1.165, 1.54) is 124 Å². The molecule has 0 aliphatic heterocycles. The molecule has 9 aromatic heterocycles. The first-order valence-electron chi connectivity index (χ1n) is 38.2. The second-order valence-corrected chi connectivity index (χ2v) is 27.7. The van der Waals surface area contributed by atoms with Crippen LogP contribution in [0.1, 0.15) is 24.3 Å². The zero-order valence-corrected chi connectivity index (χ0v) is 69.9. The van der Waals surface area contributed by atoms with Gasteiger partial charge in [-0.3, -0.25) is 22.4 Å². The fourth-order valence-corrected chi connectivity index (χ4v) is 14.7. The number of nitrogens with zero attached hydrogens (tertiary/aromatic N) is 9. The monoisotopic (exact) mass is 1960 g/mol. The van der Waals surface area contributed by atoms with Gasteiger partial charge < -0.3 is 48.4 Å². The molecule has 122 heavy (non-hydrogen) atoms. The number of aromatic carboxylic acids is 1. The number of aromatic nitrogens is 9. The van der Waals surface area contributed by atoms with Crippen LogP contribution in [0.25, 0.3) is 155 Å². The van der Waals surface area contributed by atoms with Gasteiger partial charge >= 0.3 is 5.97 Å². The van der Waals surface area contributed by atoms with E-state index in [-0.39, 0.29) is 80.7 Å². The number of hydrogen-bond acceptors (Lipinski definition) is 8. The van der Waals surface area contributed by atoms with Gasteiger partial charge in [0, 0.05) is 166 Å². The molecule has 600 valence electrons. The van der Waals surface area contributed by atoms with Gasteiger partial charge in [0.05, 0.1) is 49.9 Å². The molecule has 21 rings (SSSR count). The average Bonchev–Trinajstić information content (AvgIpc) is 1.62. The van der Waals surface area contributed by atoms with Gasteiger partial charge in [-0.1, -0.05) is 176 Å². The van der Waals surface area contributed by atoms with E-state index in [0.29, 0.717) is 0 Å². The molecule has 0 bridgehead atoms. The zero-order valence-electron chi connectivity index (χ0n) is 65.1. The van der Waals surface area contributed by atoms with Crippen LogP contribution in [0.4, 0.5) is 17.6 Å². The Balaban J connectivity index is 0.000000124. The fourth-order valence-electron chi connectivity index (χ4n) is 14.7. The summed E-state index contributed by atoms with van der Waals surface area (Å²) in [6.07, 6.45) is 9.75.